The molecule has 3 heteroatoms. The number of nitrogens with zero attached hydrogens (tertiary/aromatic N) is 2. The molecule has 124 valence electrons. The minimum Gasteiger partial charge on any atom is -0.380 e. The maximum absolute atomic E-state index is 4.26. The number of hydrogen-bond donors (Lipinski definition) is 1. The summed E-state index contributed by atoms with van der Waals surface area (Å²) < 4.78 is 0. The van der Waals surface area contributed by atoms with Crippen LogP contribution < -0.4 is 5.32 Å². The Morgan fingerprint density at radius 3 is 2.72 bits per heavy atom. The van der Waals surface area contributed by atoms with E-state index in [9.17, 15) is 0 Å². The second-order valence-electron chi connectivity index (χ2n) is 7.08. The third kappa shape index (κ3) is 2.71. The molecule has 0 bridgehead atoms. The number of rotatable bonds is 3. The number of aromatic nitrogens is 1. The molecule has 3 aromatic rings. The van der Waals surface area contributed by atoms with Crippen LogP contribution in [0.25, 0.3) is 11.1 Å². The van der Waals surface area contributed by atoms with E-state index in [0.29, 0.717) is 12.0 Å². The van der Waals surface area contributed by atoms with Crippen molar-refractivity contribution in [1.29, 1.82) is 0 Å². The largest absolute Gasteiger partial charge is 0.380 e. The smallest absolute Gasteiger partial charge is 0.0470 e. The molecule has 5 rings (SSSR count). The van der Waals surface area contributed by atoms with E-state index in [1.165, 1.54) is 27.9 Å². The number of pyridine rings is 1. The first kappa shape index (κ1) is 14.7. The van der Waals surface area contributed by atoms with Crippen LogP contribution in [0.1, 0.15) is 17.0 Å². The number of likely N-dealkylation sites (tertiary alicyclic amines) is 1. The molecule has 25 heavy (non-hydrogen) atoms. The third-order valence-corrected chi connectivity index (χ3v) is 5.43. The lowest BCUT2D eigenvalue weighted by Gasteiger charge is -2.18. The molecule has 2 atom stereocenters. The second-order valence-corrected chi connectivity index (χ2v) is 7.08. The Kier molecular flexibility index (Phi) is 3.53. The Bertz CT molecular complexity index is 876. The molecular weight excluding hydrogens is 306 g/mol. The summed E-state index contributed by atoms with van der Waals surface area (Å²) in [7, 11) is 0. The van der Waals surface area contributed by atoms with Crippen molar-refractivity contribution in [3.63, 3.8) is 0 Å². The van der Waals surface area contributed by atoms with Crippen LogP contribution in [0.5, 0.6) is 0 Å². The first-order valence-corrected chi connectivity index (χ1v) is 8.94. The third-order valence-electron chi connectivity index (χ3n) is 5.43. The molecule has 3 heterocycles. The molecule has 0 saturated carbocycles. The van der Waals surface area contributed by atoms with Gasteiger partial charge in [0.05, 0.1) is 0 Å². The summed E-state index contributed by atoms with van der Waals surface area (Å²) in [6.07, 6.45) is 3.77. The summed E-state index contributed by atoms with van der Waals surface area (Å²) >= 11 is 0. The van der Waals surface area contributed by atoms with Crippen LogP contribution in [0.2, 0.25) is 0 Å². The highest BCUT2D eigenvalue weighted by molar-refractivity contribution is 5.71. The average molecular weight is 327 g/mol. The lowest BCUT2D eigenvalue weighted by Crippen LogP contribution is -2.25. The van der Waals surface area contributed by atoms with Crippen molar-refractivity contribution in [2.45, 2.75) is 18.5 Å². The quantitative estimate of drug-likeness (QED) is 0.783. The molecule has 2 aliphatic heterocycles. The van der Waals surface area contributed by atoms with Gasteiger partial charge in [0.15, 0.2) is 0 Å². The summed E-state index contributed by atoms with van der Waals surface area (Å²) in [5.41, 5.74) is 6.61. The van der Waals surface area contributed by atoms with Gasteiger partial charge in [0.2, 0.25) is 0 Å². The minimum atomic E-state index is 0.530. The van der Waals surface area contributed by atoms with Crippen LogP contribution in [0.3, 0.4) is 0 Å². The van der Waals surface area contributed by atoms with Crippen molar-refractivity contribution in [3.05, 3.63) is 84.2 Å². The lowest BCUT2D eigenvalue weighted by atomic mass is 9.95. The molecule has 2 aliphatic rings. The fraction of sp³-hybridized carbons (Fsp3) is 0.227. The first-order chi connectivity index (χ1) is 12.4. The zero-order valence-corrected chi connectivity index (χ0v) is 14.1. The summed E-state index contributed by atoms with van der Waals surface area (Å²) in [5, 5.41) is 3.73. The molecule has 1 N–H and O–H groups in total. The highest BCUT2D eigenvalue weighted by Crippen LogP contribution is 2.42. The van der Waals surface area contributed by atoms with Crippen molar-refractivity contribution < 1.29 is 0 Å². The highest BCUT2D eigenvalue weighted by Gasteiger charge is 2.39. The maximum atomic E-state index is 4.26. The monoisotopic (exact) mass is 327 g/mol. The van der Waals surface area contributed by atoms with E-state index in [-0.39, 0.29) is 0 Å². The molecule has 1 fully saturated rings. The van der Waals surface area contributed by atoms with Gasteiger partial charge in [0.1, 0.15) is 0 Å². The molecule has 0 aliphatic carbocycles. The van der Waals surface area contributed by atoms with Gasteiger partial charge in [-0.25, -0.2) is 0 Å². The van der Waals surface area contributed by atoms with Crippen LogP contribution in [0, 0.1) is 0 Å². The Morgan fingerprint density at radius 1 is 0.960 bits per heavy atom. The molecule has 0 spiro atoms. The van der Waals surface area contributed by atoms with Crippen molar-refractivity contribution in [2.75, 3.05) is 18.4 Å². The number of nitrogens with one attached hydrogen (secondary N) is 1. The molecule has 1 saturated heterocycles. The van der Waals surface area contributed by atoms with E-state index in [2.05, 4.69) is 69.8 Å². The fourth-order valence-corrected chi connectivity index (χ4v) is 4.23. The highest BCUT2D eigenvalue weighted by atomic mass is 15.2. The number of hydrogen-bond acceptors (Lipinski definition) is 3. The van der Waals surface area contributed by atoms with Gasteiger partial charge >= 0.3 is 0 Å². The van der Waals surface area contributed by atoms with Gasteiger partial charge in [0, 0.05) is 49.7 Å². The van der Waals surface area contributed by atoms with Gasteiger partial charge in [-0.2, -0.15) is 0 Å². The lowest BCUT2D eigenvalue weighted by molar-refractivity contribution is 0.324. The molecule has 1 aromatic heterocycles. The van der Waals surface area contributed by atoms with E-state index >= 15 is 0 Å². The van der Waals surface area contributed by atoms with Crippen LogP contribution in [0.15, 0.2) is 73.1 Å². The normalized spacial score (nSPS) is 21.6. The predicted molar refractivity (Wildman–Crippen MR) is 102 cm³/mol. The van der Waals surface area contributed by atoms with Crippen LogP contribution in [-0.4, -0.2) is 29.0 Å². The van der Waals surface area contributed by atoms with Gasteiger partial charge in [-0.15, -0.1) is 0 Å². The van der Waals surface area contributed by atoms with E-state index in [1.54, 1.807) is 0 Å². The molecule has 3 nitrogen and oxygen atoms in total. The van der Waals surface area contributed by atoms with Crippen molar-refractivity contribution >= 4 is 5.69 Å². The van der Waals surface area contributed by atoms with E-state index in [1.807, 2.05) is 18.5 Å². The van der Waals surface area contributed by atoms with Gasteiger partial charge < -0.3 is 5.32 Å². The van der Waals surface area contributed by atoms with E-state index < -0.39 is 0 Å². The van der Waals surface area contributed by atoms with Crippen LogP contribution >= 0.6 is 0 Å². The summed E-state index contributed by atoms with van der Waals surface area (Å²) in [5.74, 6) is 0.579. The van der Waals surface area contributed by atoms with Crippen LogP contribution in [0.4, 0.5) is 5.69 Å². The Morgan fingerprint density at radius 2 is 1.88 bits per heavy atom. The minimum absolute atomic E-state index is 0.530. The van der Waals surface area contributed by atoms with Crippen molar-refractivity contribution in [2.24, 2.45) is 0 Å². The number of benzene rings is 2. The average Bonchev–Trinajstić information content (AvgIpc) is 3.20. The summed E-state index contributed by atoms with van der Waals surface area (Å²) in [6.45, 7) is 3.26. The van der Waals surface area contributed by atoms with Gasteiger partial charge in [0.25, 0.3) is 0 Å². The summed E-state index contributed by atoms with van der Waals surface area (Å²) in [6, 6.07) is 22.2. The van der Waals surface area contributed by atoms with E-state index in [4.69, 9.17) is 0 Å². The standard InChI is InChI=1S/C22H21N3/c1-2-5-16(6-3-1)13-25-14-20-19-11-17(18-7-4-10-23-12-18)8-9-21(19)24-22(20)15-25/h1-12,20,22,24H,13-15H2. The molecule has 2 aromatic carbocycles. The van der Waals surface area contributed by atoms with E-state index in [0.717, 1.165) is 19.6 Å². The van der Waals surface area contributed by atoms with Gasteiger partial charge in [-0.05, 0) is 40.5 Å². The molecule has 0 radical (unpaired) electrons. The first-order valence-electron chi connectivity index (χ1n) is 8.94. The maximum Gasteiger partial charge on any atom is 0.0470 e. The molecule has 2 unspecified atom stereocenters. The zero-order chi connectivity index (χ0) is 16.6. The summed E-state index contributed by atoms with van der Waals surface area (Å²) in [4.78, 5) is 6.82. The predicted octanol–water partition coefficient (Wildman–Crippen LogP) is 4.14. The molecule has 0 amide bonds. The Balaban J connectivity index is 1.39. The fourth-order valence-electron chi connectivity index (χ4n) is 4.23. The van der Waals surface area contributed by atoms with Gasteiger partial charge in [-0.1, -0.05) is 42.5 Å². The Labute approximate surface area is 148 Å². The zero-order valence-electron chi connectivity index (χ0n) is 14.1. The van der Waals surface area contributed by atoms with Crippen LogP contribution in [-0.2, 0) is 6.54 Å². The van der Waals surface area contributed by atoms with Crippen molar-refractivity contribution in [1.82, 2.24) is 9.88 Å². The van der Waals surface area contributed by atoms with Crippen molar-refractivity contribution in [3.8, 4) is 11.1 Å². The number of fused-ring (bicyclic) bond motifs is 3. The number of anilines is 1. The SMILES string of the molecule is c1ccc(CN2CC3Nc4ccc(-c5cccnc5)cc4C3C2)cc1. The second kappa shape index (κ2) is 6.01. The van der Waals surface area contributed by atoms with Gasteiger partial charge in [-0.3, -0.25) is 9.88 Å². The topological polar surface area (TPSA) is 28.2 Å². The Hall–Kier alpha value is -2.65. The molecular formula is C22H21N3.